The minimum Gasteiger partial charge on any atom is -0.480 e. The molecule has 1 aliphatic rings. The number of hydrogen-bond donors (Lipinski definition) is 2. The largest absolute Gasteiger partial charge is 0.480 e. The molecule has 1 heterocycles. The van der Waals surface area contributed by atoms with Crippen molar-refractivity contribution in [3.63, 3.8) is 0 Å². The van der Waals surface area contributed by atoms with Gasteiger partial charge in [-0.05, 0) is 62.8 Å². The van der Waals surface area contributed by atoms with E-state index in [0.717, 1.165) is 35.8 Å². The standard InChI is InChI=1S/C22H27NO6/c1-4-5-9-16(21(25)26)23-20(24)13(3)28-17-10-12(2)11-18-19(17)14-7-6-8-15(14)22(27)29-18/h10-11,13,16H,4-9H2,1-3H3,(H,23,24)(H,25,26)/t13-,16-/m0/s1. The predicted molar refractivity (Wildman–Crippen MR) is 108 cm³/mol. The first kappa shape index (κ1) is 20.9. The maximum absolute atomic E-state index is 12.6. The third-order valence-electron chi connectivity index (χ3n) is 5.31. The highest BCUT2D eigenvalue weighted by atomic mass is 16.5. The summed E-state index contributed by atoms with van der Waals surface area (Å²) in [5, 5.41) is 12.6. The van der Waals surface area contributed by atoms with Crippen LogP contribution in [0.25, 0.3) is 11.0 Å². The molecule has 2 atom stereocenters. The van der Waals surface area contributed by atoms with Crippen molar-refractivity contribution in [2.45, 2.75) is 71.4 Å². The normalized spacial score (nSPS) is 15.0. The number of aryl methyl sites for hydroxylation is 2. The first-order valence-corrected chi connectivity index (χ1v) is 10.1. The molecule has 1 aromatic heterocycles. The molecule has 29 heavy (non-hydrogen) atoms. The molecular formula is C22H27NO6. The third kappa shape index (κ3) is 4.44. The van der Waals surface area contributed by atoms with Crippen LogP contribution in [0.4, 0.5) is 0 Å². The molecule has 2 aromatic rings. The number of rotatable bonds is 8. The number of nitrogens with one attached hydrogen (secondary N) is 1. The quantitative estimate of drug-likeness (QED) is 0.659. The van der Waals surface area contributed by atoms with Gasteiger partial charge in [-0.1, -0.05) is 19.8 Å². The van der Waals surface area contributed by atoms with Crippen molar-refractivity contribution in [2.75, 3.05) is 0 Å². The van der Waals surface area contributed by atoms with Gasteiger partial charge in [0.1, 0.15) is 17.4 Å². The summed E-state index contributed by atoms with van der Waals surface area (Å²) in [5.41, 5.74) is 2.57. The number of carbonyl (C=O) groups excluding carboxylic acids is 1. The van der Waals surface area contributed by atoms with E-state index in [4.69, 9.17) is 9.15 Å². The minimum absolute atomic E-state index is 0.312. The fourth-order valence-electron chi connectivity index (χ4n) is 3.80. The zero-order valence-electron chi connectivity index (χ0n) is 17.0. The first-order valence-electron chi connectivity index (χ1n) is 10.1. The highest BCUT2D eigenvalue weighted by Gasteiger charge is 2.26. The van der Waals surface area contributed by atoms with E-state index in [0.29, 0.717) is 36.2 Å². The second kappa shape index (κ2) is 8.68. The highest BCUT2D eigenvalue weighted by Crippen LogP contribution is 2.35. The molecule has 0 unspecified atom stereocenters. The minimum atomic E-state index is -1.06. The Labute approximate surface area is 169 Å². The van der Waals surface area contributed by atoms with Crippen molar-refractivity contribution in [1.29, 1.82) is 0 Å². The van der Waals surface area contributed by atoms with Gasteiger partial charge in [-0.3, -0.25) is 4.79 Å². The van der Waals surface area contributed by atoms with Crippen molar-refractivity contribution in [2.24, 2.45) is 0 Å². The van der Waals surface area contributed by atoms with Crippen LogP contribution in [0.1, 0.15) is 56.2 Å². The molecule has 1 aliphatic carbocycles. The Morgan fingerprint density at radius 1 is 1.28 bits per heavy atom. The third-order valence-corrected chi connectivity index (χ3v) is 5.31. The van der Waals surface area contributed by atoms with Gasteiger partial charge in [-0.25, -0.2) is 9.59 Å². The van der Waals surface area contributed by atoms with Crippen molar-refractivity contribution in [3.8, 4) is 5.75 Å². The number of unbranched alkanes of at least 4 members (excludes halogenated alkanes) is 1. The number of carbonyl (C=O) groups is 2. The van der Waals surface area contributed by atoms with Crippen LogP contribution < -0.4 is 15.7 Å². The molecule has 7 heteroatoms. The number of hydrogen-bond acceptors (Lipinski definition) is 5. The summed E-state index contributed by atoms with van der Waals surface area (Å²) in [7, 11) is 0. The number of amides is 1. The van der Waals surface area contributed by atoms with Crippen molar-refractivity contribution in [3.05, 3.63) is 39.2 Å². The van der Waals surface area contributed by atoms with Crippen LogP contribution >= 0.6 is 0 Å². The molecule has 0 saturated carbocycles. The lowest BCUT2D eigenvalue weighted by atomic mass is 10.0. The van der Waals surface area contributed by atoms with Crippen molar-refractivity contribution < 1.29 is 23.8 Å². The molecule has 1 aromatic carbocycles. The van der Waals surface area contributed by atoms with Crippen molar-refractivity contribution >= 4 is 22.8 Å². The van der Waals surface area contributed by atoms with Crippen LogP contribution in [0.2, 0.25) is 0 Å². The molecule has 1 amide bonds. The molecule has 0 radical (unpaired) electrons. The van der Waals surface area contributed by atoms with E-state index in [1.165, 1.54) is 0 Å². The zero-order valence-corrected chi connectivity index (χ0v) is 17.0. The number of ether oxygens (including phenoxy) is 1. The summed E-state index contributed by atoms with van der Waals surface area (Å²) in [5.74, 6) is -1.07. The fourth-order valence-corrected chi connectivity index (χ4v) is 3.80. The lowest BCUT2D eigenvalue weighted by Gasteiger charge is -2.20. The Hall–Kier alpha value is -2.83. The average molecular weight is 401 g/mol. The summed E-state index contributed by atoms with van der Waals surface area (Å²) in [6, 6.07) is 2.67. The summed E-state index contributed by atoms with van der Waals surface area (Å²) in [6.07, 6.45) is 3.34. The Balaban J connectivity index is 1.87. The number of aliphatic carboxylic acids is 1. The Bertz CT molecular complexity index is 993. The van der Waals surface area contributed by atoms with Gasteiger partial charge in [0, 0.05) is 5.56 Å². The van der Waals surface area contributed by atoms with Gasteiger partial charge in [0.25, 0.3) is 5.91 Å². The lowest BCUT2D eigenvalue weighted by molar-refractivity contribution is -0.143. The zero-order chi connectivity index (χ0) is 21.1. The SMILES string of the molecule is CCCC[C@H](NC(=O)[C@H](C)Oc1cc(C)cc2oc(=O)c3c(c12)CCC3)C(=O)O. The Morgan fingerprint density at radius 2 is 2.00 bits per heavy atom. The monoisotopic (exact) mass is 401 g/mol. The average Bonchev–Trinajstić information content (AvgIpc) is 3.14. The lowest BCUT2D eigenvalue weighted by Crippen LogP contribution is -2.46. The molecule has 0 bridgehead atoms. The molecule has 0 spiro atoms. The second-order valence-corrected chi connectivity index (χ2v) is 7.64. The maximum Gasteiger partial charge on any atom is 0.339 e. The number of carboxylic acids is 1. The second-order valence-electron chi connectivity index (χ2n) is 7.64. The molecule has 0 aliphatic heterocycles. The number of fused-ring (bicyclic) bond motifs is 3. The first-order chi connectivity index (χ1) is 13.8. The van der Waals surface area contributed by atoms with E-state index in [-0.39, 0.29) is 5.63 Å². The smallest absolute Gasteiger partial charge is 0.339 e. The summed E-state index contributed by atoms with van der Waals surface area (Å²) < 4.78 is 11.4. The van der Waals surface area contributed by atoms with Crippen LogP contribution in [-0.2, 0) is 22.4 Å². The summed E-state index contributed by atoms with van der Waals surface area (Å²) in [6.45, 7) is 5.41. The molecule has 7 nitrogen and oxygen atoms in total. The van der Waals surface area contributed by atoms with E-state index in [1.807, 2.05) is 19.9 Å². The number of carboxylic acid groups (broad SMARTS) is 1. The van der Waals surface area contributed by atoms with Crippen LogP contribution in [0.15, 0.2) is 21.3 Å². The number of benzene rings is 1. The molecule has 2 N–H and O–H groups in total. The Morgan fingerprint density at radius 3 is 2.69 bits per heavy atom. The van der Waals surface area contributed by atoms with E-state index < -0.39 is 24.0 Å². The molecule has 3 rings (SSSR count). The van der Waals surface area contributed by atoms with Crippen LogP contribution in [0, 0.1) is 6.92 Å². The van der Waals surface area contributed by atoms with E-state index in [1.54, 1.807) is 13.0 Å². The van der Waals surface area contributed by atoms with Crippen LogP contribution in [0.3, 0.4) is 0 Å². The summed E-state index contributed by atoms with van der Waals surface area (Å²) in [4.78, 5) is 36.2. The van der Waals surface area contributed by atoms with Gasteiger partial charge < -0.3 is 19.6 Å². The Kier molecular flexibility index (Phi) is 6.25. The topological polar surface area (TPSA) is 106 Å². The van der Waals surface area contributed by atoms with Gasteiger partial charge >= 0.3 is 11.6 Å². The van der Waals surface area contributed by atoms with Gasteiger partial charge in [-0.2, -0.15) is 0 Å². The maximum atomic E-state index is 12.6. The molecule has 0 saturated heterocycles. The van der Waals surface area contributed by atoms with E-state index >= 15 is 0 Å². The van der Waals surface area contributed by atoms with Gasteiger partial charge in [0.05, 0.1) is 5.39 Å². The van der Waals surface area contributed by atoms with Gasteiger partial charge in [0.2, 0.25) is 0 Å². The van der Waals surface area contributed by atoms with Crippen molar-refractivity contribution in [1.82, 2.24) is 5.32 Å². The highest BCUT2D eigenvalue weighted by molar-refractivity contribution is 5.90. The molecule has 0 fully saturated rings. The fraction of sp³-hybridized carbons (Fsp3) is 0.500. The van der Waals surface area contributed by atoms with Gasteiger partial charge in [0.15, 0.2) is 6.10 Å². The van der Waals surface area contributed by atoms with Crippen LogP contribution in [0.5, 0.6) is 5.75 Å². The van der Waals surface area contributed by atoms with E-state index in [2.05, 4.69) is 5.32 Å². The molecule has 156 valence electrons. The van der Waals surface area contributed by atoms with E-state index in [9.17, 15) is 19.5 Å². The van der Waals surface area contributed by atoms with Crippen LogP contribution in [-0.4, -0.2) is 29.1 Å². The van der Waals surface area contributed by atoms with Gasteiger partial charge in [-0.15, -0.1) is 0 Å². The summed E-state index contributed by atoms with van der Waals surface area (Å²) >= 11 is 0. The predicted octanol–water partition coefficient (Wildman–Crippen LogP) is 3.12. The molecular weight excluding hydrogens is 374 g/mol.